The van der Waals surface area contributed by atoms with Gasteiger partial charge in [0.15, 0.2) is 0 Å². The van der Waals surface area contributed by atoms with E-state index in [1.165, 1.54) is 0 Å². The van der Waals surface area contributed by atoms with Gasteiger partial charge in [-0.05, 0) is 44.4 Å². The van der Waals surface area contributed by atoms with Crippen LogP contribution in [0.5, 0.6) is 0 Å². The van der Waals surface area contributed by atoms with Gasteiger partial charge in [-0.15, -0.1) is 0 Å². The fourth-order valence-corrected chi connectivity index (χ4v) is 3.38. The summed E-state index contributed by atoms with van der Waals surface area (Å²) in [4.78, 5) is 22.7. The fourth-order valence-electron chi connectivity index (χ4n) is 3.38. The number of aliphatic carboxylic acids is 1. The third-order valence-electron chi connectivity index (χ3n) is 4.32. The molecule has 0 radical (unpaired) electrons. The van der Waals surface area contributed by atoms with E-state index in [-0.39, 0.29) is 30.1 Å². The van der Waals surface area contributed by atoms with Gasteiger partial charge in [-0.1, -0.05) is 0 Å². The van der Waals surface area contributed by atoms with Gasteiger partial charge in [0.2, 0.25) is 0 Å². The van der Waals surface area contributed by atoms with Crippen molar-refractivity contribution in [1.82, 2.24) is 0 Å². The van der Waals surface area contributed by atoms with Crippen LogP contribution in [-0.2, 0) is 9.59 Å². The summed E-state index contributed by atoms with van der Waals surface area (Å²) in [6.45, 7) is 0. The number of aliphatic hydroxyl groups is 1. The molecule has 0 saturated heterocycles. The highest BCUT2D eigenvalue weighted by atomic mass is 16.4. The standard InChI is InChI=1S/C13H20O4/c14-10-4-5-11-9(7-10)2-1-8(13(11)17)3-6-12(15)16/h8-11,14H,1-7H2,(H,15,16). The Labute approximate surface area is 101 Å². The molecule has 2 saturated carbocycles. The van der Waals surface area contributed by atoms with Crippen molar-refractivity contribution in [2.45, 2.75) is 51.0 Å². The second kappa shape index (κ2) is 5.17. The van der Waals surface area contributed by atoms with Crippen molar-refractivity contribution in [2.75, 3.05) is 0 Å². The lowest BCUT2D eigenvalue weighted by molar-refractivity contribution is -0.138. The number of carboxylic acid groups (broad SMARTS) is 1. The topological polar surface area (TPSA) is 74.6 Å². The summed E-state index contributed by atoms with van der Waals surface area (Å²) in [6, 6.07) is 0. The molecule has 4 atom stereocenters. The normalized spacial score (nSPS) is 37.6. The highest BCUT2D eigenvalue weighted by molar-refractivity contribution is 5.85. The maximum absolute atomic E-state index is 12.2. The van der Waals surface area contributed by atoms with Crippen LogP contribution >= 0.6 is 0 Å². The summed E-state index contributed by atoms with van der Waals surface area (Å²) in [7, 11) is 0. The second-order valence-electron chi connectivity index (χ2n) is 5.44. The van der Waals surface area contributed by atoms with E-state index in [4.69, 9.17) is 5.11 Å². The zero-order valence-electron chi connectivity index (χ0n) is 9.97. The van der Waals surface area contributed by atoms with Crippen LogP contribution in [0, 0.1) is 17.8 Å². The Morgan fingerprint density at radius 1 is 1.24 bits per heavy atom. The SMILES string of the molecule is O=C(O)CCC1CCC2CC(O)CCC2C1=O. The van der Waals surface area contributed by atoms with Crippen molar-refractivity contribution in [3.63, 3.8) is 0 Å². The number of rotatable bonds is 3. The Balaban J connectivity index is 1.93. The number of aliphatic hydroxyl groups excluding tert-OH is 1. The number of carboxylic acids is 1. The van der Waals surface area contributed by atoms with E-state index < -0.39 is 5.97 Å². The van der Waals surface area contributed by atoms with E-state index in [1.807, 2.05) is 0 Å². The number of carbonyl (C=O) groups is 2. The molecule has 4 nitrogen and oxygen atoms in total. The maximum atomic E-state index is 12.2. The molecule has 0 spiro atoms. The zero-order chi connectivity index (χ0) is 12.4. The van der Waals surface area contributed by atoms with Gasteiger partial charge < -0.3 is 10.2 Å². The first-order valence-corrected chi connectivity index (χ1v) is 6.51. The average Bonchev–Trinajstić information content (AvgIpc) is 2.27. The minimum Gasteiger partial charge on any atom is -0.481 e. The third kappa shape index (κ3) is 2.86. The molecule has 2 aliphatic carbocycles. The van der Waals surface area contributed by atoms with Crippen molar-refractivity contribution in [3.05, 3.63) is 0 Å². The molecule has 0 aromatic rings. The van der Waals surface area contributed by atoms with Crippen LogP contribution in [0.3, 0.4) is 0 Å². The van der Waals surface area contributed by atoms with E-state index >= 15 is 0 Å². The Bertz CT molecular complexity index is 313. The van der Waals surface area contributed by atoms with Crippen molar-refractivity contribution >= 4 is 11.8 Å². The van der Waals surface area contributed by atoms with Crippen molar-refractivity contribution in [1.29, 1.82) is 0 Å². The predicted molar refractivity (Wildman–Crippen MR) is 61.4 cm³/mol. The lowest BCUT2D eigenvalue weighted by Crippen LogP contribution is -2.40. The lowest BCUT2D eigenvalue weighted by Gasteiger charge is -2.39. The van der Waals surface area contributed by atoms with Gasteiger partial charge in [-0.3, -0.25) is 9.59 Å². The fraction of sp³-hybridized carbons (Fsp3) is 0.846. The Morgan fingerprint density at radius 2 is 2.00 bits per heavy atom. The molecule has 96 valence electrons. The number of hydrogen-bond acceptors (Lipinski definition) is 3. The van der Waals surface area contributed by atoms with Crippen LogP contribution in [-0.4, -0.2) is 28.1 Å². The minimum absolute atomic E-state index is 0.0532. The van der Waals surface area contributed by atoms with E-state index in [0.717, 1.165) is 32.1 Å². The van der Waals surface area contributed by atoms with Crippen molar-refractivity contribution in [3.8, 4) is 0 Å². The first-order valence-electron chi connectivity index (χ1n) is 6.51. The molecule has 4 unspecified atom stereocenters. The Morgan fingerprint density at radius 3 is 2.71 bits per heavy atom. The lowest BCUT2D eigenvalue weighted by atomic mass is 9.65. The van der Waals surface area contributed by atoms with Gasteiger partial charge in [0, 0.05) is 18.3 Å². The van der Waals surface area contributed by atoms with Crippen LogP contribution in [0.2, 0.25) is 0 Å². The van der Waals surface area contributed by atoms with E-state index in [2.05, 4.69) is 0 Å². The Kier molecular flexibility index (Phi) is 3.82. The highest BCUT2D eigenvalue weighted by Crippen LogP contribution is 2.41. The third-order valence-corrected chi connectivity index (χ3v) is 4.32. The summed E-state index contributed by atoms with van der Waals surface area (Å²) >= 11 is 0. The molecule has 0 aliphatic heterocycles. The summed E-state index contributed by atoms with van der Waals surface area (Å²) in [5, 5.41) is 18.2. The van der Waals surface area contributed by atoms with E-state index in [1.54, 1.807) is 0 Å². The molecule has 4 heteroatoms. The summed E-state index contributed by atoms with van der Waals surface area (Å²) in [6.07, 6.45) is 4.38. The largest absolute Gasteiger partial charge is 0.481 e. The molecule has 2 N–H and O–H groups in total. The molecule has 0 aromatic heterocycles. The van der Waals surface area contributed by atoms with Gasteiger partial charge in [0.1, 0.15) is 5.78 Å². The Hall–Kier alpha value is -0.900. The summed E-state index contributed by atoms with van der Waals surface area (Å²) < 4.78 is 0. The summed E-state index contributed by atoms with van der Waals surface area (Å²) in [5.41, 5.74) is 0. The molecule has 2 fully saturated rings. The number of ketones is 1. The highest BCUT2D eigenvalue weighted by Gasteiger charge is 2.40. The zero-order valence-corrected chi connectivity index (χ0v) is 9.97. The van der Waals surface area contributed by atoms with Crippen LogP contribution < -0.4 is 0 Å². The van der Waals surface area contributed by atoms with Crippen LogP contribution in [0.1, 0.15) is 44.9 Å². The molecule has 17 heavy (non-hydrogen) atoms. The van der Waals surface area contributed by atoms with E-state index in [0.29, 0.717) is 12.3 Å². The van der Waals surface area contributed by atoms with Crippen LogP contribution in [0.15, 0.2) is 0 Å². The molecule has 0 bridgehead atoms. The smallest absolute Gasteiger partial charge is 0.303 e. The number of fused-ring (bicyclic) bond motifs is 1. The van der Waals surface area contributed by atoms with Gasteiger partial charge in [-0.25, -0.2) is 0 Å². The van der Waals surface area contributed by atoms with Gasteiger partial charge in [-0.2, -0.15) is 0 Å². The monoisotopic (exact) mass is 240 g/mol. The van der Waals surface area contributed by atoms with Gasteiger partial charge in [0.25, 0.3) is 0 Å². The molecule has 2 rings (SSSR count). The molecule has 2 aliphatic rings. The van der Waals surface area contributed by atoms with Crippen molar-refractivity contribution < 1.29 is 19.8 Å². The molecular weight excluding hydrogens is 220 g/mol. The first-order chi connectivity index (χ1) is 8.08. The number of carbonyl (C=O) groups excluding carboxylic acids is 1. The molecule has 0 aromatic carbocycles. The minimum atomic E-state index is -0.820. The molecule has 0 heterocycles. The maximum Gasteiger partial charge on any atom is 0.303 e. The van der Waals surface area contributed by atoms with E-state index in [9.17, 15) is 14.7 Å². The molecule has 0 amide bonds. The van der Waals surface area contributed by atoms with Crippen molar-refractivity contribution in [2.24, 2.45) is 17.8 Å². The number of Topliss-reactive ketones (excluding diaryl/α,β-unsaturated/α-hetero) is 1. The van der Waals surface area contributed by atoms with Crippen LogP contribution in [0.4, 0.5) is 0 Å². The second-order valence-corrected chi connectivity index (χ2v) is 5.44. The molecular formula is C13H20O4. The first kappa shape index (κ1) is 12.6. The summed E-state index contributed by atoms with van der Waals surface area (Å²) in [5.74, 6) is -0.186. The quantitative estimate of drug-likeness (QED) is 0.786. The predicted octanol–water partition coefficient (Wildman–Crippen LogP) is 1.61. The van der Waals surface area contributed by atoms with Gasteiger partial charge >= 0.3 is 5.97 Å². The average molecular weight is 240 g/mol. The number of hydrogen-bond donors (Lipinski definition) is 2. The van der Waals surface area contributed by atoms with Crippen LogP contribution in [0.25, 0.3) is 0 Å². The van der Waals surface area contributed by atoms with Gasteiger partial charge in [0.05, 0.1) is 6.10 Å².